The summed E-state index contributed by atoms with van der Waals surface area (Å²) >= 11 is 0. The molecule has 2 aliphatic heterocycles. The van der Waals surface area contributed by atoms with Crippen LogP contribution in [0.2, 0.25) is 0 Å². The third kappa shape index (κ3) is 5.85. The molecule has 0 radical (unpaired) electrons. The lowest BCUT2D eigenvalue weighted by Gasteiger charge is -2.18. The van der Waals surface area contributed by atoms with Crippen LogP contribution in [0.25, 0.3) is 0 Å². The quantitative estimate of drug-likeness (QED) is 0.326. The highest BCUT2D eigenvalue weighted by Crippen LogP contribution is 2.32. The normalized spacial score (nSPS) is 21.8. The molecule has 0 amide bonds. The predicted octanol–water partition coefficient (Wildman–Crippen LogP) is 3.74. The van der Waals surface area contributed by atoms with Gasteiger partial charge in [0.1, 0.15) is 35.9 Å². The average molecular weight is 519 g/mol. The van der Waals surface area contributed by atoms with Crippen LogP contribution in [0.4, 0.5) is 0 Å². The minimum absolute atomic E-state index is 0.0771. The monoisotopic (exact) mass is 518 g/mol. The Kier molecular flexibility index (Phi) is 7.67. The molecule has 196 valence electrons. The molecule has 0 N–H and O–H groups in total. The lowest BCUT2D eigenvalue weighted by Crippen LogP contribution is -2.36. The van der Waals surface area contributed by atoms with Crippen molar-refractivity contribution < 1.29 is 42.8 Å². The minimum atomic E-state index is -0.712. The second-order valence-corrected chi connectivity index (χ2v) is 8.88. The first-order valence-electron chi connectivity index (χ1n) is 12.2. The van der Waals surface area contributed by atoms with E-state index in [1.807, 2.05) is 30.3 Å². The summed E-state index contributed by atoms with van der Waals surface area (Å²) in [6.07, 6.45) is -2.56. The van der Waals surface area contributed by atoms with Crippen LogP contribution in [-0.2, 0) is 30.3 Å². The number of carbonyl (C=O) groups excluding carboxylic acids is 3. The van der Waals surface area contributed by atoms with E-state index < -0.39 is 42.3 Å². The van der Waals surface area contributed by atoms with E-state index in [9.17, 15) is 14.4 Å². The number of carbonyl (C=O) groups is 3. The van der Waals surface area contributed by atoms with Crippen LogP contribution in [0.3, 0.4) is 0 Å². The van der Waals surface area contributed by atoms with Gasteiger partial charge >= 0.3 is 17.9 Å². The van der Waals surface area contributed by atoms with Crippen molar-refractivity contribution in [3.05, 3.63) is 95.6 Å². The Bertz CT molecular complexity index is 1310. The van der Waals surface area contributed by atoms with Crippen molar-refractivity contribution >= 4 is 17.9 Å². The Morgan fingerprint density at radius 1 is 0.789 bits per heavy atom. The second kappa shape index (κ2) is 11.5. The molecule has 4 atom stereocenters. The van der Waals surface area contributed by atoms with E-state index in [1.54, 1.807) is 36.4 Å². The number of ether oxygens (including phenoxy) is 6. The molecule has 9 heteroatoms. The summed E-state index contributed by atoms with van der Waals surface area (Å²) in [6.45, 7) is 1.80. The molecule has 2 fully saturated rings. The molecule has 2 aliphatic rings. The van der Waals surface area contributed by atoms with E-state index >= 15 is 0 Å². The average Bonchev–Trinajstić information content (AvgIpc) is 3.51. The summed E-state index contributed by atoms with van der Waals surface area (Å²) in [4.78, 5) is 37.0. The van der Waals surface area contributed by atoms with Gasteiger partial charge in [0.25, 0.3) is 0 Å². The number of para-hydroxylation sites is 1. The lowest BCUT2D eigenvalue weighted by atomic mass is 10.1. The fraction of sp³-hybridized carbons (Fsp3) is 0.276. The highest BCUT2D eigenvalue weighted by molar-refractivity contribution is 5.93. The first-order valence-corrected chi connectivity index (χ1v) is 12.2. The first kappa shape index (κ1) is 25.4. The summed E-state index contributed by atoms with van der Waals surface area (Å²) in [7, 11) is 0. The lowest BCUT2D eigenvalue weighted by molar-refractivity contribution is -0.131. The van der Waals surface area contributed by atoms with Crippen molar-refractivity contribution in [2.45, 2.75) is 37.9 Å². The van der Waals surface area contributed by atoms with E-state index in [0.29, 0.717) is 17.9 Å². The first-order chi connectivity index (χ1) is 18.5. The molecule has 0 bridgehead atoms. The van der Waals surface area contributed by atoms with Crippen molar-refractivity contribution in [2.24, 2.45) is 0 Å². The van der Waals surface area contributed by atoms with Gasteiger partial charge in [0, 0.05) is 6.92 Å². The van der Waals surface area contributed by atoms with Crippen molar-refractivity contribution in [3.8, 4) is 11.5 Å². The second-order valence-electron chi connectivity index (χ2n) is 8.88. The maximum Gasteiger partial charge on any atom is 0.342 e. The van der Waals surface area contributed by atoms with E-state index in [1.165, 1.54) is 19.1 Å². The van der Waals surface area contributed by atoms with Crippen LogP contribution < -0.4 is 9.47 Å². The van der Waals surface area contributed by atoms with Gasteiger partial charge in [0.15, 0.2) is 12.2 Å². The molecule has 0 aliphatic carbocycles. The molecule has 9 nitrogen and oxygen atoms in total. The van der Waals surface area contributed by atoms with Crippen LogP contribution >= 0.6 is 0 Å². The smallest absolute Gasteiger partial charge is 0.342 e. The molecule has 3 aromatic rings. The largest absolute Gasteiger partial charge is 0.489 e. The van der Waals surface area contributed by atoms with Gasteiger partial charge in [-0.1, -0.05) is 48.5 Å². The predicted molar refractivity (Wildman–Crippen MR) is 133 cm³/mol. The summed E-state index contributed by atoms with van der Waals surface area (Å²) in [6, 6.07) is 22.8. The highest BCUT2D eigenvalue weighted by Gasteiger charge is 2.51. The molecular formula is C29H26O9. The third-order valence-electron chi connectivity index (χ3n) is 6.16. The molecule has 0 aromatic heterocycles. The Hall–Kier alpha value is -4.21. The van der Waals surface area contributed by atoms with Gasteiger partial charge < -0.3 is 28.4 Å². The van der Waals surface area contributed by atoms with Crippen molar-refractivity contribution in [1.82, 2.24) is 0 Å². The van der Waals surface area contributed by atoms with E-state index in [2.05, 4.69) is 0 Å². The van der Waals surface area contributed by atoms with Crippen LogP contribution in [0.5, 0.6) is 11.5 Å². The summed E-state index contributed by atoms with van der Waals surface area (Å²) in [5.74, 6) is -1.11. The molecular weight excluding hydrogens is 492 g/mol. The van der Waals surface area contributed by atoms with Crippen LogP contribution in [0.15, 0.2) is 78.9 Å². The fourth-order valence-corrected chi connectivity index (χ4v) is 4.37. The zero-order chi connectivity index (χ0) is 26.5. The van der Waals surface area contributed by atoms with Gasteiger partial charge in [0.2, 0.25) is 0 Å². The van der Waals surface area contributed by atoms with Crippen molar-refractivity contribution in [1.29, 1.82) is 0 Å². The van der Waals surface area contributed by atoms with Gasteiger partial charge in [-0.3, -0.25) is 4.79 Å². The number of hydrogen-bond donors (Lipinski definition) is 0. The van der Waals surface area contributed by atoms with Crippen LogP contribution in [-0.4, -0.2) is 55.5 Å². The molecule has 2 heterocycles. The number of hydrogen-bond acceptors (Lipinski definition) is 9. The SMILES string of the molecule is CC(=O)Oc1ccccc1C(=O)O[C@H]1CO[C@H]2[C@@H]1OC[C@H]2OC(=O)c1cccc(OCc2ccccc2)c1. The molecule has 5 rings (SSSR count). The fourth-order valence-electron chi connectivity index (χ4n) is 4.37. The Labute approximate surface area is 219 Å². The molecule has 0 unspecified atom stereocenters. The third-order valence-corrected chi connectivity index (χ3v) is 6.16. The van der Waals surface area contributed by atoms with Crippen LogP contribution in [0.1, 0.15) is 33.2 Å². The van der Waals surface area contributed by atoms with E-state index in [-0.39, 0.29) is 24.5 Å². The van der Waals surface area contributed by atoms with Gasteiger partial charge in [-0.25, -0.2) is 9.59 Å². The van der Waals surface area contributed by atoms with Gasteiger partial charge in [-0.05, 0) is 35.9 Å². The van der Waals surface area contributed by atoms with E-state index in [0.717, 1.165) is 5.56 Å². The number of esters is 3. The molecule has 0 spiro atoms. The molecule has 0 saturated carbocycles. The summed E-state index contributed by atoms with van der Waals surface area (Å²) in [5.41, 5.74) is 1.46. The van der Waals surface area contributed by atoms with Gasteiger partial charge in [-0.2, -0.15) is 0 Å². The zero-order valence-electron chi connectivity index (χ0n) is 20.6. The van der Waals surface area contributed by atoms with Gasteiger partial charge in [0.05, 0.1) is 18.8 Å². The topological polar surface area (TPSA) is 107 Å². The van der Waals surface area contributed by atoms with Crippen molar-refractivity contribution in [2.75, 3.05) is 13.2 Å². The number of fused-ring (bicyclic) bond motifs is 1. The number of rotatable bonds is 8. The molecule has 3 aromatic carbocycles. The Morgan fingerprint density at radius 3 is 2.16 bits per heavy atom. The maximum absolute atomic E-state index is 12.9. The van der Waals surface area contributed by atoms with Crippen LogP contribution in [0, 0.1) is 0 Å². The highest BCUT2D eigenvalue weighted by atomic mass is 16.7. The molecule has 2 saturated heterocycles. The Balaban J connectivity index is 1.17. The number of benzene rings is 3. The maximum atomic E-state index is 12.9. The summed E-state index contributed by atoms with van der Waals surface area (Å²) < 4.78 is 33.8. The van der Waals surface area contributed by atoms with Gasteiger partial charge in [-0.15, -0.1) is 0 Å². The Morgan fingerprint density at radius 2 is 1.45 bits per heavy atom. The summed E-state index contributed by atoms with van der Waals surface area (Å²) in [5, 5.41) is 0. The standard InChI is InChI=1S/C29H26O9/c1-18(30)36-23-13-6-5-12-22(23)29(32)38-25-17-35-26-24(16-34-27(25)26)37-28(31)20-10-7-11-21(14-20)33-15-19-8-3-2-4-9-19/h2-14,24-27H,15-17H2,1H3/t24-,25+,26-,27-/m1/s1. The molecule has 38 heavy (non-hydrogen) atoms. The zero-order valence-corrected chi connectivity index (χ0v) is 20.6. The minimum Gasteiger partial charge on any atom is -0.489 e. The van der Waals surface area contributed by atoms with E-state index in [4.69, 9.17) is 28.4 Å². The van der Waals surface area contributed by atoms with Crippen molar-refractivity contribution in [3.63, 3.8) is 0 Å².